The molecule has 2 aliphatic rings. The van der Waals surface area contributed by atoms with E-state index in [0.717, 1.165) is 0 Å². The standard InChI is InChI=1S/C15H16/c1-11-6-7-14-9-12-4-2-3-5-13(12)10-15(14)8-11/h3,5-9,13H,2,4,10H2,1H3. The summed E-state index contributed by atoms with van der Waals surface area (Å²) >= 11 is 0. The van der Waals surface area contributed by atoms with Gasteiger partial charge in [-0.2, -0.15) is 0 Å². The fourth-order valence-corrected chi connectivity index (χ4v) is 2.69. The quantitative estimate of drug-likeness (QED) is 0.552. The van der Waals surface area contributed by atoms with Crippen LogP contribution < -0.4 is 0 Å². The van der Waals surface area contributed by atoms with Crippen molar-refractivity contribution in [3.63, 3.8) is 0 Å². The largest absolute Gasteiger partial charge is 0.0876 e. The minimum absolute atomic E-state index is 0.688. The van der Waals surface area contributed by atoms with E-state index >= 15 is 0 Å². The Labute approximate surface area is 91.3 Å². The van der Waals surface area contributed by atoms with Gasteiger partial charge in [-0.3, -0.25) is 0 Å². The summed E-state index contributed by atoms with van der Waals surface area (Å²) < 4.78 is 0. The van der Waals surface area contributed by atoms with E-state index in [4.69, 9.17) is 0 Å². The normalized spacial score (nSPS) is 23.0. The molecule has 76 valence electrons. The molecule has 0 N–H and O–H groups in total. The first-order valence-electron chi connectivity index (χ1n) is 5.79. The van der Waals surface area contributed by atoms with Gasteiger partial charge in [-0.1, -0.05) is 47.6 Å². The number of fused-ring (bicyclic) bond motifs is 2. The summed E-state index contributed by atoms with van der Waals surface area (Å²) in [4.78, 5) is 0. The van der Waals surface area contributed by atoms with Gasteiger partial charge >= 0.3 is 0 Å². The predicted molar refractivity (Wildman–Crippen MR) is 64.7 cm³/mol. The Kier molecular flexibility index (Phi) is 2.02. The first kappa shape index (κ1) is 8.96. The van der Waals surface area contributed by atoms with Crippen LogP contribution in [-0.2, 0) is 6.42 Å². The van der Waals surface area contributed by atoms with Crippen molar-refractivity contribution in [2.45, 2.75) is 26.2 Å². The van der Waals surface area contributed by atoms with Crippen molar-refractivity contribution in [1.82, 2.24) is 0 Å². The van der Waals surface area contributed by atoms with Crippen molar-refractivity contribution in [2.24, 2.45) is 5.92 Å². The molecule has 1 unspecified atom stereocenters. The van der Waals surface area contributed by atoms with Crippen LogP contribution in [0.3, 0.4) is 0 Å². The van der Waals surface area contributed by atoms with E-state index < -0.39 is 0 Å². The molecule has 0 heteroatoms. The monoisotopic (exact) mass is 196 g/mol. The summed E-state index contributed by atoms with van der Waals surface area (Å²) in [5.41, 5.74) is 5.98. The maximum atomic E-state index is 2.41. The Morgan fingerprint density at radius 3 is 3.13 bits per heavy atom. The van der Waals surface area contributed by atoms with Crippen molar-refractivity contribution in [1.29, 1.82) is 0 Å². The van der Waals surface area contributed by atoms with Gasteiger partial charge in [0.1, 0.15) is 0 Å². The van der Waals surface area contributed by atoms with Crippen molar-refractivity contribution in [3.8, 4) is 0 Å². The Bertz CT molecular complexity index is 449. The molecule has 0 heterocycles. The van der Waals surface area contributed by atoms with Crippen LogP contribution in [0.25, 0.3) is 6.08 Å². The highest BCUT2D eigenvalue weighted by molar-refractivity contribution is 5.62. The van der Waals surface area contributed by atoms with E-state index in [9.17, 15) is 0 Å². The second-order valence-electron chi connectivity index (χ2n) is 4.70. The van der Waals surface area contributed by atoms with Gasteiger partial charge in [-0.15, -0.1) is 0 Å². The molecule has 0 nitrogen and oxygen atoms in total. The summed E-state index contributed by atoms with van der Waals surface area (Å²) in [5, 5.41) is 0. The fourth-order valence-electron chi connectivity index (χ4n) is 2.69. The third-order valence-corrected chi connectivity index (χ3v) is 3.52. The van der Waals surface area contributed by atoms with Crippen LogP contribution in [0.4, 0.5) is 0 Å². The van der Waals surface area contributed by atoms with E-state index in [-0.39, 0.29) is 0 Å². The summed E-state index contributed by atoms with van der Waals surface area (Å²) in [5.74, 6) is 0.688. The van der Waals surface area contributed by atoms with E-state index in [2.05, 4.69) is 43.4 Å². The summed E-state index contributed by atoms with van der Waals surface area (Å²) in [6.07, 6.45) is 10.8. The molecule has 0 fully saturated rings. The lowest BCUT2D eigenvalue weighted by Gasteiger charge is -2.26. The maximum absolute atomic E-state index is 2.41. The van der Waals surface area contributed by atoms with E-state index in [0.29, 0.717) is 5.92 Å². The average Bonchev–Trinajstić information content (AvgIpc) is 2.26. The molecular weight excluding hydrogens is 180 g/mol. The van der Waals surface area contributed by atoms with Crippen molar-refractivity contribution in [3.05, 3.63) is 52.6 Å². The minimum Gasteiger partial charge on any atom is -0.0876 e. The van der Waals surface area contributed by atoms with Crippen LogP contribution in [0.1, 0.15) is 29.5 Å². The zero-order valence-corrected chi connectivity index (χ0v) is 9.16. The Morgan fingerprint density at radius 1 is 1.27 bits per heavy atom. The molecule has 0 saturated heterocycles. The zero-order chi connectivity index (χ0) is 10.3. The van der Waals surface area contributed by atoms with E-state index in [1.165, 1.54) is 36.0 Å². The summed E-state index contributed by atoms with van der Waals surface area (Å²) in [6.45, 7) is 2.18. The highest BCUT2D eigenvalue weighted by Gasteiger charge is 2.20. The second kappa shape index (κ2) is 3.37. The number of aryl methyl sites for hydroxylation is 1. The van der Waals surface area contributed by atoms with Crippen molar-refractivity contribution >= 4 is 6.08 Å². The predicted octanol–water partition coefficient (Wildman–Crippen LogP) is 3.90. The highest BCUT2D eigenvalue weighted by atomic mass is 14.2. The number of rotatable bonds is 0. The van der Waals surface area contributed by atoms with Gasteiger partial charge in [0.15, 0.2) is 0 Å². The number of hydrogen-bond acceptors (Lipinski definition) is 0. The minimum atomic E-state index is 0.688. The second-order valence-corrected chi connectivity index (χ2v) is 4.70. The molecule has 15 heavy (non-hydrogen) atoms. The summed E-state index contributed by atoms with van der Waals surface area (Å²) in [6, 6.07) is 6.83. The molecule has 3 rings (SSSR count). The lowest BCUT2D eigenvalue weighted by Crippen LogP contribution is -2.13. The highest BCUT2D eigenvalue weighted by Crippen LogP contribution is 2.34. The molecule has 0 saturated carbocycles. The number of allylic oxidation sites excluding steroid dienone is 3. The molecule has 0 spiro atoms. The van der Waals surface area contributed by atoms with Gasteiger partial charge in [0.25, 0.3) is 0 Å². The van der Waals surface area contributed by atoms with Crippen LogP contribution in [-0.4, -0.2) is 0 Å². The van der Waals surface area contributed by atoms with Crippen LogP contribution in [0, 0.1) is 12.8 Å². The Hall–Kier alpha value is -1.30. The number of benzene rings is 1. The van der Waals surface area contributed by atoms with Gasteiger partial charge in [-0.05, 0) is 37.3 Å². The zero-order valence-electron chi connectivity index (χ0n) is 9.16. The average molecular weight is 196 g/mol. The lowest BCUT2D eigenvalue weighted by atomic mass is 9.79. The number of hydrogen-bond donors (Lipinski definition) is 0. The SMILES string of the molecule is Cc1ccc2c(c1)CC1C=CCCC1=C2. The molecule has 0 aliphatic heterocycles. The first-order valence-corrected chi connectivity index (χ1v) is 5.79. The molecule has 1 aromatic rings. The molecule has 1 aromatic carbocycles. The van der Waals surface area contributed by atoms with Crippen molar-refractivity contribution in [2.75, 3.05) is 0 Å². The van der Waals surface area contributed by atoms with Gasteiger partial charge < -0.3 is 0 Å². The fraction of sp³-hybridized carbons (Fsp3) is 0.333. The third-order valence-electron chi connectivity index (χ3n) is 3.52. The molecule has 0 amide bonds. The van der Waals surface area contributed by atoms with E-state index in [1.807, 2.05) is 0 Å². The van der Waals surface area contributed by atoms with Crippen molar-refractivity contribution < 1.29 is 0 Å². The smallest absolute Gasteiger partial charge is 0.00208 e. The van der Waals surface area contributed by atoms with Gasteiger partial charge in [-0.25, -0.2) is 0 Å². The molecule has 0 radical (unpaired) electrons. The Balaban J connectivity index is 2.08. The maximum Gasteiger partial charge on any atom is 0.00208 e. The topological polar surface area (TPSA) is 0 Å². The van der Waals surface area contributed by atoms with E-state index in [1.54, 1.807) is 5.57 Å². The van der Waals surface area contributed by atoms with Crippen LogP contribution in [0.2, 0.25) is 0 Å². The van der Waals surface area contributed by atoms with Crippen LogP contribution in [0.5, 0.6) is 0 Å². The van der Waals surface area contributed by atoms with Crippen LogP contribution >= 0.6 is 0 Å². The molecule has 0 bridgehead atoms. The molecule has 0 aromatic heterocycles. The van der Waals surface area contributed by atoms with Gasteiger partial charge in [0.2, 0.25) is 0 Å². The van der Waals surface area contributed by atoms with Gasteiger partial charge in [0.05, 0.1) is 0 Å². The lowest BCUT2D eigenvalue weighted by molar-refractivity contribution is 0.675. The first-order chi connectivity index (χ1) is 7.33. The molecule has 1 atom stereocenters. The van der Waals surface area contributed by atoms with Crippen LogP contribution in [0.15, 0.2) is 35.9 Å². The molecule has 2 aliphatic carbocycles. The molecular formula is C15H16. The van der Waals surface area contributed by atoms with Gasteiger partial charge in [0, 0.05) is 5.92 Å². The summed E-state index contributed by atoms with van der Waals surface area (Å²) in [7, 11) is 0. The third kappa shape index (κ3) is 1.54. The Morgan fingerprint density at radius 2 is 2.20 bits per heavy atom.